The second kappa shape index (κ2) is 7.34. The number of methoxy groups -OCH3 is 1. The van der Waals surface area contributed by atoms with Gasteiger partial charge in [0.25, 0.3) is 0 Å². The SMILES string of the molecule is COC(C)(C)c1nnc2n1C[C@H](c1cccc(F)c1F)CC[C@H]2CC(=O)O. The van der Waals surface area contributed by atoms with Gasteiger partial charge in [-0.25, -0.2) is 8.78 Å². The third kappa shape index (κ3) is 3.71. The summed E-state index contributed by atoms with van der Waals surface area (Å²) >= 11 is 0. The van der Waals surface area contributed by atoms with Crippen molar-refractivity contribution < 1.29 is 23.4 Å². The van der Waals surface area contributed by atoms with Crippen LogP contribution in [-0.2, 0) is 21.7 Å². The number of benzene rings is 1. The Morgan fingerprint density at radius 3 is 2.74 bits per heavy atom. The van der Waals surface area contributed by atoms with Gasteiger partial charge in [-0.05, 0) is 38.3 Å². The van der Waals surface area contributed by atoms with Gasteiger partial charge >= 0.3 is 5.97 Å². The lowest BCUT2D eigenvalue weighted by Crippen LogP contribution is -2.27. The summed E-state index contributed by atoms with van der Waals surface area (Å²) in [5.74, 6) is -2.26. The van der Waals surface area contributed by atoms with E-state index in [1.807, 2.05) is 18.4 Å². The van der Waals surface area contributed by atoms with Gasteiger partial charge in [0.1, 0.15) is 11.4 Å². The van der Waals surface area contributed by atoms with Gasteiger partial charge < -0.3 is 14.4 Å². The van der Waals surface area contributed by atoms with Crippen molar-refractivity contribution in [1.29, 1.82) is 0 Å². The van der Waals surface area contributed by atoms with Crippen LogP contribution in [0.3, 0.4) is 0 Å². The van der Waals surface area contributed by atoms with E-state index in [2.05, 4.69) is 10.2 Å². The normalized spacial score (nSPS) is 20.2. The molecule has 2 atom stereocenters. The molecule has 1 aliphatic heterocycles. The van der Waals surface area contributed by atoms with Crippen LogP contribution in [0.2, 0.25) is 0 Å². The number of carbonyl (C=O) groups is 1. The second-order valence-corrected chi connectivity index (χ2v) is 7.42. The van der Waals surface area contributed by atoms with Crippen molar-refractivity contribution >= 4 is 5.97 Å². The molecule has 0 unspecified atom stereocenters. The van der Waals surface area contributed by atoms with Crippen molar-refractivity contribution in [3.8, 4) is 0 Å². The molecule has 0 bridgehead atoms. The fourth-order valence-corrected chi connectivity index (χ4v) is 3.67. The molecular formula is C19H23F2N3O3. The van der Waals surface area contributed by atoms with Crippen molar-refractivity contribution in [2.75, 3.05) is 7.11 Å². The van der Waals surface area contributed by atoms with Crippen molar-refractivity contribution in [3.63, 3.8) is 0 Å². The van der Waals surface area contributed by atoms with Crippen molar-refractivity contribution in [2.24, 2.45) is 0 Å². The molecular weight excluding hydrogens is 356 g/mol. The molecule has 2 aromatic rings. The minimum absolute atomic E-state index is 0.0934. The standard InChI is InChI=1S/C19H23F2N3O3/c1-19(2,27-3)18-23-22-17-11(9-15(25)26)7-8-12(10-24(17)18)13-5-4-6-14(20)16(13)21/h4-6,11-12H,7-10H2,1-3H3,(H,25,26)/t11-,12+/m0/s1. The van der Waals surface area contributed by atoms with E-state index in [-0.39, 0.29) is 23.8 Å². The highest BCUT2D eigenvalue weighted by Crippen LogP contribution is 2.38. The first-order chi connectivity index (χ1) is 12.7. The Hall–Kier alpha value is -2.35. The Kier molecular flexibility index (Phi) is 5.28. The van der Waals surface area contributed by atoms with Crippen LogP contribution in [0.1, 0.15) is 62.2 Å². The Morgan fingerprint density at radius 2 is 2.07 bits per heavy atom. The van der Waals surface area contributed by atoms with Gasteiger partial charge in [0.05, 0.1) is 6.42 Å². The van der Waals surface area contributed by atoms with E-state index in [4.69, 9.17) is 4.74 Å². The summed E-state index contributed by atoms with van der Waals surface area (Å²) in [6.07, 6.45) is 0.927. The van der Waals surface area contributed by atoms with Crippen LogP contribution in [0.4, 0.5) is 8.78 Å². The number of carboxylic acid groups (broad SMARTS) is 1. The highest BCUT2D eigenvalue weighted by atomic mass is 19.2. The average molecular weight is 379 g/mol. The number of ether oxygens (including phenoxy) is 1. The maximum Gasteiger partial charge on any atom is 0.304 e. The largest absolute Gasteiger partial charge is 0.481 e. The zero-order valence-corrected chi connectivity index (χ0v) is 15.6. The van der Waals surface area contributed by atoms with E-state index in [1.165, 1.54) is 6.07 Å². The van der Waals surface area contributed by atoms with E-state index in [0.29, 0.717) is 31.0 Å². The smallest absolute Gasteiger partial charge is 0.304 e. The number of rotatable bonds is 5. The number of fused-ring (bicyclic) bond motifs is 1. The zero-order valence-electron chi connectivity index (χ0n) is 15.6. The highest BCUT2D eigenvalue weighted by Gasteiger charge is 2.35. The van der Waals surface area contributed by atoms with Gasteiger partial charge in [0.2, 0.25) is 0 Å². The molecule has 2 heterocycles. The first-order valence-electron chi connectivity index (χ1n) is 8.89. The fourth-order valence-electron chi connectivity index (χ4n) is 3.67. The van der Waals surface area contributed by atoms with Gasteiger partial charge in [0.15, 0.2) is 17.5 Å². The lowest BCUT2D eigenvalue weighted by molar-refractivity contribution is -0.137. The maximum absolute atomic E-state index is 14.4. The molecule has 0 radical (unpaired) electrons. The van der Waals surface area contributed by atoms with Crippen LogP contribution in [0.5, 0.6) is 0 Å². The third-order valence-electron chi connectivity index (χ3n) is 5.30. The van der Waals surface area contributed by atoms with E-state index in [9.17, 15) is 18.7 Å². The zero-order chi connectivity index (χ0) is 19.8. The van der Waals surface area contributed by atoms with E-state index in [0.717, 1.165) is 6.07 Å². The number of carboxylic acids is 1. The summed E-state index contributed by atoms with van der Waals surface area (Å²) in [6.45, 7) is 4.00. The Balaban J connectivity index is 2.07. The summed E-state index contributed by atoms with van der Waals surface area (Å²) in [7, 11) is 1.55. The third-order valence-corrected chi connectivity index (χ3v) is 5.30. The van der Waals surface area contributed by atoms with Crippen LogP contribution in [0.25, 0.3) is 0 Å². The van der Waals surface area contributed by atoms with Crippen molar-refractivity contribution in [2.45, 2.75) is 57.1 Å². The molecule has 6 nitrogen and oxygen atoms in total. The van der Waals surface area contributed by atoms with Crippen LogP contribution in [0, 0.1) is 11.6 Å². The van der Waals surface area contributed by atoms with Crippen LogP contribution in [0.15, 0.2) is 18.2 Å². The van der Waals surface area contributed by atoms with E-state index >= 15 is 0 Å². The lowest BCUT2D eigenvalue weighted by Gasteiger charge is -2.25. The summed E-state index contributed by atoms with van der Waals surface area (Å²) < 4.78 is 35.5. The minimum atomic E-state index is -0.933. The number of hydrogen-bond donors (Lipinski definition) is 1. The van der Waals surface area contributed by atoms with Crippen molar-refractivity contribution in [3.05, 3.63) is 47.0 Å². The quantitative estimate of drug-likeness (QED) is 0.859. The van der Waals surface area contributed by atoms with Crippen LogP contribution >= 0.6 is 0 Å². The first-order valence-corrected chi connectivity index (χ1v) is 8.89. The topological polar surface area (TPSA) is 77.2 Å². The summed E-state index contributed by atoms with van der Waals surface area (Å²) in [6, 6.07) is 4.15. The Bertz CT molecular complexity index is 851. The number of hydrogen-bond acceptors (Lipinski definition) is 4. The van der Waals surface area contributed by atoms with Gasteiger partial charge in [-0.15, -0.1) is 10.2 Å². The molecule has 146 valence electrons. The predicted molar refractivity (Wildman–Crippen MR) is 93.4 cm³/mol. The molecule has 0 spiro atoms. The van der Waals surface area contributed by atoms with E-state index in [1.54, 1.807) is 13.2 Å². The number of aromatic nitrogens is 3. The molecule has 1 aromatic carbocycles. The summed E-state index contributed by atoms with van der Waals surface area (Å²) in [5.41, 5.74) is -0.471. The van der Waals surface area contributed by atoms with Crippen LogP contribution in [-0.4, -0.2) is 33.0 Å². The average Bonchev–Trinajstić information content (AvgIpc) is 2.96. The molecule has 0 saturated carbocycles. The number of nitrogens with zero attached hydrogens (tertiary/aromatic N) is 3. The summed E-state index contributed by atoms with van der Waals surface area (Å²) in [4.78, 5) is 11.3. The van der Waals surface area contributed by atoms with E-state index < -0.39 is 23.2 Å². The van der Waals surface area contributed by atoms with Gasteiger partial charge in [-0.1, -0.05) is 12.1 Å². The minimum Gasteiger partial charge on any atom is -0.481 e. The molecule has 1 aliphatic rings. The van der Waals surface area contributed by atoms with Gasteiger partial charge in [-0.2, -0.15) is 0 Å². The lowest BCUT2D eigenvalue weighted by atomic mass is 9.90. The van der Waals surface area contributed by atoms with Gasteiger partial charge in [-0.3, -0.25) is 4.79 Å². The summed E-state index contributed by atoms with van der Waals surface area (Å²) in [5, 5.41) is 17.7. The first kappa shape index (κ1) is 19.4. The molecule has 0 amide bonds. The van der Waals surface area contributed by atoms with Crippen molar-refractivity contribution in [1.82, 2.24) is 14.8 Å². The Morgan fingerprint density at radius 1 is 1.33 bits per heavy atom. The molecule has 3 rings (SSSR count). The highest BCUT2D eigenvalue weighted by molar-refractivity contribution is 5.67. The van der Waals surface area contributed by atoms with Crippen LogP contribution < -0.4 is 0 Å². The molecule has 1 aromatic heterocycles. The van der Waals surface area contributed by atoms with Gasteiger partial charge in [0, 0.05) is 25.5 Å². The molecule has 0 aliphatic carbocycles. The predicted octanol–water partition coefficient (Wildman–Crippen LogP) is 3.57. The molecule has 1 N–H and O–H groups in total. The number of aliphatic carboxylic acids is 1. The molecule has 0 saturated heterocycles. The fraction of sp³-hybridized carbons (Fsp3) is 0.526. The molecule has 8 heteroatoms. The maximum atomic E-state index is 14.4. The number of halogens is 2. The molecule has 27 heavy (non-hydrogen) atoms. The monoisotopic (exact) mass is 379 g/mol. The second-order valence-electron chi connectivity index (χ2n) is 7.42. The Labute approximate surface area is 156 Å². The molecule has 0 fully saturated rings.